The van der Waals surface area contributed by atoms with E-state index < -0.39 is 0 Å². The molecule has 0 unspecified atom stereocenters. The van der Waals surface area contributed by atoms with Crippen molar-refractivity contribution in [2.75, 3.05) is 5.32 Å². The molecule has 1 amide bonds. The highest BCUT2D eigenvalue weighted by molar-refractivity contribution is 9.10. The van der Waals surface area contributed by atoms with E-state index in [1.54, 1.807) is 48.8 Å². The van der Waals surface area contributed by atoms with Gasteiger partial charge in [0.15, 0.2) is 10.7 Å². The molecule has 0 saturated heterocycles. The molecule has 3 aromatic carbocycles. The Morgan fingerprint density at radius 2 is 1.85 bits per heavy atom. The normalized spacial score (nSPS) is 11.0. The second-order valence-electron chi connectivity index (χ2n) is 7.14. The van der Waals surface area contributed by atoms with E-state index in [4.69, 9.17) is 28.2 Å². The molecule has 5 aromatic rings. The van der Waals surface area contributed by atoms with E-state index in [-0.39, 0.29) is 11.0 Å². The molecule has 33 heavy (non-hydrogen) atoms. The number of hydrogen-bond acceptors (Lipinski definition) is 5. The molecule has 0 fully saturated rings. The number of rotatable bonds is 3. The Morgan fingerprint density at radius 3 is 2.70 bits per heavy atom. The minimum Gasteiger partial charge on any atom is -0.436 e. The van der Waals surface area contributed by atoms with Crippen molar-refractivity contribution in [3.8, 4) is 11.5 Å². The van der Waals surface area contributed by atoms with Gasteiger partial charge in [-0.3, -0.25) is 15.1 Å². The van der Waals surface area contributed by atoms with Crippen LogP contribution in [0, 0.1) is 0 Å². The molecule has 0 atom stereocenters. The number of hydrogen-bond donors (Lipinski definition) is 2. The van der Waals surface area contributed by atoms with Crippen molar-refractivity contribution in [2.45, 2.75) is 0 Å². The number of oxazole rings is 1. The Labute approximate surface area is 207 Å². The summed E-state index contributed by atoms with van der Waals surface area (Å²) in [6.07, 6.45) is 3.37. The average molecular weight is 538 g/mol. The van der Waals surface area contributed by atoms with Gasteiger partial charge in [0.2, 0.25) is 5.89 Å². The first-order valence-electron chi connectivity index (χ1n) is 9.79. The van der Waals surface area contributed by atoms with Crippen LogP contribution in [0.3, 0.4) is 0 Å². The molecule has 9 heteroatoms. The number of carbonyl (C=O) groups is 1. The number of anilines is 1. The number of benzene rings is 3. The van der Waals surface area contributed by atoms with Crippen LogP contribution in [0.4, 0.5) is 5.69 Å². The van der Waals surface area contributed by atoms with Crippen molar-refractivity contribution in [3.05, 3.63) is 88.1 Å². The monoisotopic (exact) mass is 536 g/mol. The van der Waals surface area contributed by atoms with Gasteiger partial charge in [0.05, 0.1) is 5.56 Å². The lowest BCUT2D eigenvalue weighted by Crippen LogP contribution is -2.34. The lowest BCUT2D eigenvalue weighted by Gasteiger charge is -2.11. The zero-order valence-corrected chi connectivity index (χ0v) is 20.0. The summed E-state index contributed by atoms with van der Waals surface area (Å²) in [5.41, 5.74) is 3.18. The molecule has 0 aliphatic heterocycles. The molecular formula is C24H14BrClN4O2S. The minimum absolute atomic E-state index is 0.165. The topological polar surface area (TPSA) is 80.0 Å². The maximum absolute atomic E-state index is 12.9. The average Bonchev–Trinajstić information content (AvgIpc) is 3.22. The fraction of sp³-hybridized carbons (Fsp3) is 0. The van der Waals surface area contributed by atoms with Crippen LogP contribution < -0.4 is 10.6 Å². The standard InChI is InChI=1S/C24H14BrClN4O2S/c25-14-9-13(11-27-12-14)23-29-20-10-15(7-8-21(20)32-23)28-24(33)30-22(31)18-5-1-4-17-16(18)3-2-6-19(17)26/h1-12H,(H2,28,30,31,33). The molecule has 162 valence electrons. The van der Waals surface area contributed by atoms with Gasteiger partial charge in [-0.25, -0.2) is 4.98 Å². The highest BCUT2D eigenvalue weighted by atomic mass is 79.9. The highest BCUT2D eigenvalue weighted by Crippen LogP contribution is 2.28. The Kier molecular flexibility index (Phi) is 5.80. The van der Waals surface area contributed by atoms with Crippen LogP contribution in [0.15, 0.2) is 81.9 Å². The molecule has 0 saturated carbocycles. The number of pyridine rings is 1. The molecule has 0 aliphatic carbocycles. The van der Waals surface area contributed by atoms with Crippen molar-refractivity contribution >= 4 is 78.3 Å². The quantitative estimate of drug-likeness (QED) is 0.253. The Morgan fingerprint density at radius 1 is 1.03 bits per heavy atom. The van der Waals surface area contributed by atoms with E-state index in [0.29, 0.717) is 33.3 Å². The van der Waals surface area contributed by atoms with Gasteiger partial charge in [-0.15, -0.1) is 0 Å². The fourth-order valence-corrected chi connectivity index (χ4v) is 4.27. The second-order valence-corrected chi connectivity index (χ2v) is 8.87. The van der Waals surface area contributed by atoms with E-state index in [0.717, 1.165) is 20.8 Å². The van der Waals surface area contributed by atoms with Crippen molar-refractivity contribution in [2.24, 2.45) is 0 Å². The van der Waals surface area contributed by atoms with Crippen molar-refractivity contribution < 1.29 is 9.21 Å². The Bertz CT molecular complexity index is 1550. The van der Waals surface area contributed by atoms with Crippen LogP contribution in [0.25, 0.3) is 33.3 Å². The van der Waals surface area contributed by atoms with Crippen LogP contribution >= 0.6 is 39.7 Å². The number of thiocarbonyl (C=S) groups is 1. The SMILES string of the molecule is O=C(NC(=S)Nc1ccc2oc(-c3cncc(Br)c3)nc2c1)c1cccc2c(Cl)cccc12. The lowest BCUT2D eigenvalue weighted by atomic mass is 10.0. The summed E-state index contributed by atoms with van der Waals surface area (Å²) in [7, 11) is 0. The van der Waals surface area contributed by atoms with Crippen molar-refractivity contribution in [1.82, 2.24) is 15.3 Å². The summed E-state index contributed by atoms with van der Waals surface area (Å²) in [5, 5.41) is 8.05. The third kappa shape index (κ3) is 4.45. The molecule has 0 spiro atoms. The number of nitrogens with one attached hydrogen (secondary N) is 2. The minimum atomic E-state index is -0.327. The molecule has 0 radical (unpaired) electrons. The number of fused-ring (bicyclic) bond motifs is 2. The third-order valence-electron chi connectivity index (χ3n) is 4.94. The molecule has 0 aliphatic rings. The summed E-state index contributed by atoms with van der Waals surface area (Å²) in [4.78, 5) is 21.5. The smallest absolute Gasteiger partial charge is 0.258 e. The van der Waals surface area contributed by atoms with Crippen LogP contribution in [-0.4, -0.2) is 21.0 Å². The van der Waals surface area contributed by atoms with Crippen molar-refractivity contribution in [1.29, 1.82) is 0 Å². The van der Waals surface area contributed by atoms with Gasteiger partial charge in [-0.05, 0) is 69.9 Å². The second kappa shape index (κ2) is 8.90. The zero-order valence-electron chi connectivity index (χ0n) is 16.8. The van der Waals surface area contributed by atoms with E-state index in [1.807, 2.05) is 24.3 Å². The maximum atomic E-state index is 12.9. The third-order valence-corrected chi connectivity index (χ3v) is 5.91. The number of aromatic nitrogens is 2. The van der Waals surface area contributed by atoms with E-state index in [9.17, 15) is 4.79 Å². The van der Waals surface area contributed by atoms with E-state index >= 15 is 0 Å². The number of halogens is 2. The van der Waals surface area contributed by atoms with Gasteiger partial charge < -0.3 is 9.73 Å². The lowest BCUT2D eigenvalue weighted by molar-refractivity contribution is 0.0979. The Hall–Kier alpha value is -3.33. The summed E-state index contributed by atoms with van der Waals surface area (Å²) in [6.45, 7) is 0. The number of carbonyl (C=O) groups excluding carboxylic acids is 1. The molecule has 2 N–H and O–H groups in total. The summed E-state index contributed by atoms with van der Waals surface area (Å²) >= 11 is 15.0. The van der Waals surface area contributed by atoms with Crippen LogP contribution in [0.1, 0.15) is 10.4 Å². The van der Waals surface area contributed by atoms with Gasteiger partial charge in [-0.2, -0.15) is 0 Å². The van der Waals surface area contributed by atoms with Gasteiger partial charge >= 0.3 is 0 Å². The van der Waals surface area contributed by atoms with E-state index in [1.165, 1.54) is 0 Å². The summed E-state index contributed by atoms with van der Waals surface area (Å²) in [6, 6.07) is 18.1. The zero-order chi connectivity index (χ0) is 22.9. The molecule has 2 heterocycles. The predicted octanol–water partition coefficient (Wildman–Crippen LogP) is 6.59. The molecular weight excluding hydrogens is 524 g/mol. The van der Waals surface area contributed by atoms with Crippen molar-refractivity contribution in [3.63, 3.8) is 0 Å². The van der Waals surface area contributed by atoms with Crippen LogP contribution in [0.2, 0.25) is 5.02 Å². The van der Waals surface area contributed by atoms with Gasteiger partial charge in [-0.1, -0.05) is 35.9 Å². The molecule has 0 bridgehead atoms. The van der Waals surface area contributed by atoms with Gasteiger partial charge in [0.25, 0.3) is 5.91 Å². The fourth-order valence-electron chi connectivity index (χ4n) is 3.46. The van der Waals surface area contributed by atoms with Gasteiger partial charge in [0, 0.05) is 38.5 Å². The van der Waals surface area contributed by atoms with E-state index in [2.05, 4.69) is 36.5 Å². The largest absolute Gasteiger partial charge is 0.436 e. The van der Waals surface area contributed by atoms with Gasteiger partial charge in [0.1, 0.15) is 5.52 Å². The maximum Gasteiger partial charge on any atom is 0.258 e. The summed E-state index contributed by atoms with van der Waals surface area (Å²) < 4.78 is 6.66. The first-order chi connectivity index (χ1) is 16.0. The highest BCUT2D eigenvalue weighted by Gasteiger charge is 2.14. The number of amides is 1. The first kappa shape index (κ1) is 21.5. The summed E-state index contributed by atoms with van der Waals surface area (Å²) in [5.74, 6) is 0.133. The van der Waals surface area contributed by atoms with Crippen LogP contribution in [-0.2, 0) is 0 Å². The molecule has 6 nitrogen and oxygen atoms in total. The predicted molar refractivity (Wildman–Crippen MR) is 138 cm³/mol. The number of nitrogens with zero attached hydrogens (tertiary/aromatic N) is 2. The molecule has 2 aromatic heterocycles. The van der Waals surface area contributed by atoms with Crippen LogP contribution in [0.5, 0.6) is 0 Å². The first-order valence-corrected chi connectivity index (χ1v) is 11.4. The Balaban J connectivity index is 1.34. The molecule has 5 rings (SSSR count).